The second kappa shape index (κ2) is 8.00. The summed E-state index contributed by atoms with van der Waals surface area (Å²) in [6.45, 7) is 14.6. The number of allylic oxidation sites excluding steroid dienone is 1. The summed E-state index contributed by atoms with van der Waals surface area (Å²) < 4.78 is 0. The predicted molar refractivity (Wildman–Crippen MR) is 104 cm³/mol. The van der Waals surface area contributed by atoms with Crippen molar-refractivity contribution in [1.82, 2.24) is 0 Å². The molecule has 2 nitrogen and oxygen atoms in total. The largest absolute Gasteiger partial charge is 0.507 e. The molecule has 134 valence electrons. The summed E-state index contributed by atoms with van der Waals surface area (Å²) in [5, 5.41) is 11.0. The SMILES string of the molecule is CCCC(C)(C)c1cc(/C=C/C(C)=O)cc(C(C)(C)CCC)c1O. The highest BCUT2D eigenvalue weighted by Gasteiger charge is 2.30. The van der Waals surface area contributed by atoms with Crippen molar-refractivity contribution in [3.63, 3.8) is 0 Å². The molecule has 0 fully saturated rings. The van der Waals surface area contributed by atoms with Crippen LogP contribution in [0.25, 0.3) is 6.08 Å². The van der Waals surface area contributed by atoms with Gasteiger partial charge in [-0.1, -0.05) is 60.5 Å². The van der Waals surface area contributed by atoms with E-state index in [1.165, 1.54) is 0 Å². The van der Waals surface area contributed by atoms with Crippen LogP contribution in [0.15, 0.2) is 18.2 Å². The molecule has 0 radical (unpaired) electrons. The Morgan fingerprint density at radius 1 is 1.00 bits per heavy atom. The maximum absolute atomic E-state index is 11.3. The van der Waals surface area contributed by atoms with Crippen LogP contribution in [0, 0.1) is 0 Å². The van der Waals surface area contributed by atoms with Gasteiger partial charge < -0.3 is 5.11 Å². The molecule has 1 rings (SSSR count). The molecule has 0 aromatic heterocycles. The molecule has 0 saturated heterocycles. The fourth-order valence-corrected chi connectivity index (χ4v) is 3.52. The van der Waals surface area contributed by atoms with Crippen LogP contribution in [0.2, 0.25) is 0 Å². The van der Waals surface area contributed by atoms with Crippen LogP contribution < -0.4 is 0 Å². The van der Waals surface area contributed by atoms with Gasteiger partial charge in [-0.25, -0.2) is 0 Å². The van der Waals surface area contributed by atoms with E-state index in [1.54, 1.807) is 13.0 Å². The zero-order valence-electron chi connectivity index (χ0n) is 16.5. The van der Waals surface area contributed by atoms with Crippen LogP contribution in [-0.2, 0) is 15.6 Å². The molecular weight excluding hydrogens is 296 g/mol. The molecule has 0 unspecified atom stereocenters. The quantitative estimate of drug-likeness (QED) is 0.580. The van der Waals surface area contributed by atoms with Gasteiger partial charge >= 0.3 is 0 Å². The van der Waals surface area contributed by atoms with E-state index in [-0.39, 0.29) is 16.6 Å². The number of hydrogen-bond acceptors (Lipinski definition) is 2. The first-order valence-electron chi connectivity index (χ1n) is 9.11. The number of hydrogen-bond donors (Lipinski definition) is 1. The van der Waals surface area contributed by atoms with E-state index in [1.807, 2.05) is 18.2 Å². The zero-order valence-corrected chi connectivity index (χ0v) is 16.5. The van der Waals surface area contributed by atoms with Crippen LogP contribution in [0.5, 0.6) is 5.75 Å². The molecular formula is C22H34O2. The second-order valence-electron chi connectivity index (χ2n) is 8.18. The van der Waals surface area contributed by atoms with Gasteiger partial charge in [0.15, 0.2) is 5.78 Å². The number of carbonyl (C=O) groups excluding carboxylic acids is 1. The summed E-state index contributed by atoms with van der Waals surface area (Å²) in [4.78, 5) is 11.3. The standard InChI is InChI=1S/C22H34O2/c1-8-12-21(4,5)18-14-17(11-10-16(3)23)15-19(20(18)24)22(6,7)13-9-2/h10-11,14-15,24H,8-9,12-13H2,1-7H3/b11-10+. The molecule has 0 aliphatic rings. The highest BCUT2D eigenvalue weighted by molar-refractivity contribution is 5.91. The third kappa shape index (κ3) is 4.96. The molecule has 0 saturated carbocycles. The van der Waals surface area contributed by atoms with E-state index in [9.17, 15) is 9.90 Å². The number of ketones is 1. The molecule has 0 atom stereocenters. The van der Waals surface area contributed by atoms with Crippen molar-refractivity contribution < 1.29 is 9.90 Å². The van der Waals surface area contributed by atoms with Gasteiger partial charge in [0.25, 0.3) is 0 Å². The number of aromatic hydroxyl groups is 1. The average Bonchev–Trinajstić information content (AvgIpc) is 2.45. The topological polar surface area (TPSA) is 37.3 Å². The smallest absolute Gasteiger partial charge is 0.152 e. The molecule has 0 bridgehead atoms. The van der Waals surface area contributed by atoms with Gasteiger partial charge in [-0.3, -0.25) is 4.79 Å². The first-order chi connectivity index (χ1) is 11.0. The van der Waals surface area contributed by atoms with E-state index >= 15 is 0 Å². The van der Waals surface area contributed by atoms with Crippen LogP contribution in [0.3, 0.4) is 0 Å². The lowest BCUT2D eigenvalue weighted by Crippen LogP contribution is -2.22. The minimum absolute atomic E-state index is 0.0341. The molecule has 1 aromatic rings. The fourth-order valence-electron chi connectivity index (χ4n) is 3.52. The van der Waals surface area contributed by atoms with Crippen LogP contribution in [-0.4, -0.2) is 10.9 Å². The Bertz CT molecular complexity index is 567. The molecule has 0 amide bonds. The molecule has 1 aromatic carbocycles. The first kappa shape index (κ1) is 20.5. The van der Waals surface area contributed by atoms with Gasteiger partial charge in [0, 0.05) is 11.1 Å². The predicted octanol–water partition coefficient (Wildman–Crippen LogP) is 6.15. The van der Waals surface area contributed by atoms with Gasteiger partial charge in [-0.05, 0) is 54.4 Å². The number of phenols is 1. The molecule has 0 aliphatic carbocycles. The Labute approximate surface area is 148 Å². The number of rotatable bonds is 8. The van der Waals surface area contributed by atoms with E-state index < -0.39 is 0 Å². The van der Waals surface area contributed by atoms with Crippen molar-refractivity contribution in [3.8, 4) is 5.75 Å². The minimum Gasteiger partial charge on any atom is -0.507 e. The maximum atomic E-state index is 11.3. The van der Waals surface area contributed by atoms with Crippen molar-refractivity contribution in [2.24, 2.45) is 0 Å². The van der Waals surface area contributed by atoms with Gasteiger partial charge in [0.1, 0.15) is 5.75 Å². The van der Waals surface area contributed by atoms with E-state index in [0.29, 0.717) is 5.75 Å². The van der Waals surface area contributed by atoms with Gasteiger partial charge in [0.2, 0.25) is 0 Å². The Kier molecular flexibility index (Phi) is 6.83. The Balaban J connectivity index is 3.58. The molecule has 1 N–H and O–H groups in total. The molecule has 0 heterocycles. The third-order valence-corrected chi connectivity index (χ3v) is 4.85. The van der Waals surface area contributed by atoms with E-state index in [0.717, 1.165) is 42.4 Å². The van der Waals surface area contributed by atoms with Crippen molar-refractivity contribution in [2.75, 3.05) is 0 Å². The lowest BCUT2D eigenvalue weighted by Gasteiger charge is -2.32. The Morgan fingerprint density at radius 3 is 1.75 bits per heavy atom. The van der Waals surface area contributed by atoms with Crippen LogP contribution in [0.4, 0.5) is 0 Å². The molecule has 2 heteroatoms. The molecule has 0 spiro atoms. The lowest BCUT2D eigenvalue weighted by molar-refractivity contribution is -0.112. The molecule has 24 heavy (non-hydrogen) atoms. The van der Waals surface area contributed by atoms with Gasteiger partial charge in [0.05, 0.1) is 0 Å². The normalized spacial score (nSPS) is 12.8. The van der Waals surface area contributed by atoms with Crippen molar-refractivity contribution in [1.29, 1.82) is 0 Å². The fraction of sp³-hybridized carbons (Fsp3) is 0.591. The third-order valence-electron chi connectivity index (χ3n) is 4.85. The maximum Gasteiger partial charge on any atom is 0.152 e. The van der Waals surface area contributed by atoms with Crippen LogP contribution in [0.1, 0.15) is 90.8 Å². The number of phenolic OH excluding ortho intramolecular Hbond substituents is 1. The monoisotopic (exact) mass is 330 g/mol. The highest BCUT2D eigenvalue weighted by atomic mass is 16.3. The minimum atomic E-state index is -0.101. The zero-order chi connectivity index (χ0) is 18.5. The second-order valence-corrected chi connectivity index (χ2v) is 8.18. The number of benzene rings is 1. The van der Waals surface area contributed by atoms with Gasteiger partial charge in [-0.15, -0.1) is 0 Å². The van der Waals surface area contributed by atoms with E-state index in [4.69, 9.17) is 0 Å². The summed E-state index contributed by atoms with van der Waals surface area (Å²) in [7, 11) is 0. The summed E-state index contributed by atoms with van der Waals surface area (Å²) in [5.74, 6) is 0.457. The number of carbonyl (C=O) groups is 1. The van der Waals surface area contributed by atoms with E-state index in [2.05, 4.69) is 41.5 Å². The first-order valence-corrected chi connectivity index (χ1v) is 9.11. The van der Waals surface area contributed by atoms with Crippen molar-refractivity contribution in [2.45, 2.75) is 85.0 Å². The Morgan fingerprint density at radius 2 is 1.42 bits per heavy atom. The summed E-state index contributed by atoms with van der Waals surface area (Å²) in [6, 6.07) is 4.08. The Hall–Kier alpha value is -1.57. The summed E-state index contributed by atoms with van der Waals surface area (Å²) in [5.41, 5.74) is 2.75. The van der Waals surface area contributed by atoms with Crippen molar-refractivity contribution in [3.05, 3.63) is 34.9 Å². The average molecular weight is 331 g/mol. The molecule has 0 aliphatic heterocycles. The lowest BCUT2D eigenvalue weighted by atomic mass is 9.73. The van der Waals surface area contributed by atoms with Crippen LogP contribution >= 0.6 is 0 Å². The van der Waals surface area contributed by atoms with Crippen molar-refractivity contribution >= 4 is 11.9 Å². The highest BCUT2D eigenvalue weighted by Crippen LogP contribution is 2.43. The van der Waals surface area contributed by atoms with Gasteiger partial charge in [-0.2, -0.15) is 0 Å². The summed E-state index contributed by atoms with van der Waals surface area (Å²) >= 11 is 0. The summed E-state index contributed by atoms with van der Waals surface area (Å²) in [6.07, 6.45) is 7.60.